The molecule has 0 bridgehead atoms. The lowest BCUT2D eigenvalue weighted by Crippen LogP contribution is -2.40. The van der Waals surface area contributed by atoms with Crippen molar-refractivity contribution in [2.45, 2.75) is 19.9 Å². The summed E-state index contributed by atoms with van der Waals surface area (Å²) < 4.78 is 10.6. The number of hydrogen-bond acceptors (Lipinski definition) is 4. The van der Waals surface area contributed by atoms with E-state index in [0.29, 0.717) is 13.2 Å². The van der Waals surface area contributed by atoms with Crippen LogP contribution in [0.2, 0.25) is 0 Å². The number of carbonyl (C=O) groups is 1. The van der Waals surface area contributed by atoms with Gasteiger partial charge in [0.05, 0.1) is 13.2 Å². The number of methoxy groups -OCH3 is 1. The summed E-state index contributed by atoms with van der Waals surface area (Å²) in [7, 11) is 1.64. The van der Waals surface area contributed by atoms with E-state index in [1.54, 1.807) is 12.0 Å². The Balaban J connectivity index is 1.97. The van der Waals surface area contributed by atoms with Gasteiger partial charge >= 0.3 is 0 Å². The fourth-order valence-electron chi connectivity index (χ4n) is 2.52. The van der Waals surface area contributed by atoms with Gasteiger partial charge in [0, 0.05) is 30.6 Å². The van der Waals surface area contributed by atoms with Crippen LogP contribution in [0.1, 0.15) is 13.8 Å². The minimum absolute atomic E-state index is 0.0203. The zero-order chi connectivity index (χ0) is 18.1. The molecule has 2 rings (SSSR count). The molecule has 0 unspecified atom stereocenters. The molecule has 1 N–H and O–H groups in total. The van der Waals surface area contributed by atoms with E-state index >= 15 is 0 Å². The molecule has 0 aliphatic rings. The van der Waals surface area contributed by atoms with Crippen molar-refractivity contribution >= 4 is 17.3 Å². The average Bonchev–Trinajstić information content (AvgIpc) is 2.61. The van der Waals surface area contributed by atoms with Crippen molar-refractivity contribution in [3.8, 4) is 5.75 Å². The van der Waals surface area contributed by atoms with E-state index in [4.69, 9.17) is 9.47 Å². The third-order valence-corrected chi connectivity index (χ3v) is 3.65. The van der Waals surface area contributed by atoms with Crippen LogP contribution in [0.5, 0.6) is 5.75 Å². The van der Waals surface area contributed by atoms with E-state index in [1.807, 2.05) is 68.4 Å². The molecule has 0 spiro atoms. The van der Waals surface area contributed by atoms with Gasteiger partial charge in [0.2, 0.25) is 5.91 Å². The molecule has 0 saturated heterocycles. The Morgan fingerprint density at radius 1 is 1.08 bits per heavy atom. The smallest absolute Gasteiger partial charge is 0.246 e. The molecule has 0 saturated carbocycles. The van der Waals surface area contributed by atoms with Gasteiger partial charge < -0.3 is 19.7 Å². The predicted octanol–water partition coefficient (Wildman–Crippen LogP) is 3.57. The van der Waals surface area contributed by atoms with E-state index in [0.717, 1.165) is 17.1 Å². The van der Waals surface area contributed by atoms with E-state index in [9.17, 15) is 4.79 Å². The number of carbonyl (C=O) groups excluding carboxylic acids is 1. The lowest BCUT2D eigenvalue weighted by Gasteiger charge is -2.27. The zero-order valence-corrected chi connectivity index (χ0v) is 15.1. The summed E-state index contributed by atoms with van der Waals surface area (Å²) in [6, 6.07) is 17.4. The Morgan fingerprint density at radius 3 is 2.52 bits per heavy atom. The molecular formula is C20H26N2O3. The lowest BCUT2D eigenvalue weighted by atomic mass is 10.2. The molecule has 1 amide bonds. The van der Waals surface area contributed by atoms with Crippen molar-refractivity contribution < 1.29 is 14.3 Å². The number of para-hydroxylation sites is 1. The Morgan fingerprint density at radius 2 is 1.84 bits per heavy atom. The number of benzene rings is 2. The monoisotopic (exact) mass is 342 g/mol. The lowest BCUT2D eigenvalue weighted by molar-refractivity contribution is -0.117. The highest BCUT2D eigenvalue weighted by atomic mass is 16.5. The second kappa shape index (κ2) is 9.69. The maximum absolute atomic E-state index is 12.7. The molecule has 0 heterocycles. The van der Waals surface area contributed by atoms with E-state index in [2.05, 4.69) is 5.32 Å². The molecule has 0 atom stereocenters. The van der Waals surface area contributed by atoms with Gasteiger partial charge in [0.15, 0.2) is 0 Å². The Kier molecular flexibility index (Phi) is 7.29. The van der Waals surface area contributed by atoms with Crippen LogP contribution in [0.15, 0.2) is 54.6 Å². The first-order valence-electron chi connectivity index (χ1n) is 8.44. The summed E-state index contributed by atoms with van der Waals surface area (Å²) in [5, 5.41) is 3.18. The van der Waals surface area contributed by atoms with Crippen molar-refractivity contribution in [1.29, 1.82) is 0 Å². The molecule has 134 valence electrons. The van der Waals surface area contributed by atoms with Gasteiger partial charge in [-0.25, -0.2) is 0 Å². The van der Waals surface area contributed by atoms with Gasteiger partial charge in [0.25, 0.3) is 0 Å². The zero-order valence-electron chi connectivity index (χ0n) is 15.1. The SMILES string of the molecule is COCCOc1cccc(NCC(=O)N(c2ccccc2)C(C)C)c1. The highest BCUT2D eigenvalue weighted by molar-refractivity contribution is 5.96. The number of amides is 1. The van der Waals surface area contributed by atoms with Gasteiger partial charge in [-0.15, -0.1) is 0 Å². The highest BCUT2D eigenvalue weighted by Crippen LogP contribution is 2.19. The average molecular weight is 342 g/mol. The van der Waals surface area contributed by atoms with Gasteiger partial charge in [-0.2, -0.15) is 0 Å². The normalized spacial score (nSPS) is 10.6. The maximum atomic E-state index is 12.7. The molecule has 2 aromatic carbocycles. The van der Waals surface area contributed by atoms with E-state index in [1.165, 1.54) is 0 Å². The minimum Gasteiger partial charge on any atom is -0.491 e. The van der Waals surface area contributed by atoms with Crippen LogP contribution < -0.4 is 15.0 Å². The summed E-state index contributed by atoms with van der Waals surface area (Å²) in [5.74, 6) is 0.769. The molecule has 0 aliphatic heterocycles. The largest absolute Gasteiger partial charge is 0.491 e. The molecule has 25 heavy (non-hydrogen) atoms. The molecular weight excluding hydrogens is 316 g/mol. The number of nitrogens with one attached hydrogen (secondary N) is 1. The van der Waals surface area contributed by atoms with E-state index in [-0.39, 0.29) is 18.5 Å². The topological polar surface area (TPSA) is 50.8 Å². The van der Waals surface area contributed by atoms with Crippen LogP contribution >= 0.6 is 0 Å². The molecule has 0 radical (unpaired) electrons. The van der Waals surface area contributed by atoms with Crippen LogP contribution in [-0.4, -0.2) is 38.8 Å². The molecule has 5 nitrogen and oxygen atoms in total. The second-order valence-electron chi connectivity index (χ2n) is 5.92. The van der Waals surface area contributed by atoms with Crippen molar-refractivity contribution in [2.75, 3.05) is 37.1 Å². The van der Waals surface area contributed by atoms with Crippen LogP contribution in [0.3, 0.4) is 0 Å². The summed E-state index contributed by atoms with van der Waals surface area (Å²) in [5.41, 5.74) is 1.75. The first-order valence-corrected chi connectivity index (χ1v) is 8.44. The number of rotatable bonds is 9. The summed E-state index contributed by atoms with van der Waals surface area (Å²) in [6.07, 6.45) is 0. The second-order valence-corrected chi connectivity index (χ2v) is 5.92. The number of nitrogens with zero attached hydrogens (tertiary/aromatic N) is 1. The van der Waals surface area contributed by atoms with Crippen molar-refractivity contribution in [3.63, 3.8) is 0 Å². The van der Waals surface area contributed by atoms with E-state index < -0.39 is 0 Å². The Hall–Kier alpha value is -2.53. The Labute approximate surface area is 149 Å². The Bertz CT molecular complexity index is 659. The fraction of sp³-hybridized carbons (Fsp3) is 0.350. The van der Waals surface area contributed by atoms with Crippen molar-refractivity contribution in [2.24, 2.45) is 0 Å². The predicted molar refractivity (Wildman–Crippen MR) is 101 cm³/mol. The highest BCUT2D eigenvalue weighted by Gasteiger charge is 2.18. The van der Waals surface area contributed by atoms with Crippen molar-refractivity contribution in [1.82, 2.24) is 0 Å². The van der Waals surface area contributed by atoms with Crippen LogP contribution in [0, 0.1) is 0 Å². The van der Waals surface area contributed by atoms with Gasteiger partial charge in [0.1, 0.15) is 12.4 Å². The van der Waals surface area contributed by atoms with Gasteiger partial charge in [-0.1, -0.05) is 24.3 Å². The quantitative estimate of drug-likeness (QED) is 0.708. The molecule has 0 aliphatic carbocycles. The summed E-state index contributed by atoms with van der Waals surface area (Å²) in [6.45, 7) is 5.27. The molecule has 0 fully saturated rings. The van der Waals surface area contributed by atoms with Crippen molar-refractivity contribution in [3.05, 3.63) is 54.6 Å². The van der Waals surface area contributed by atoms with Crippen LogP contribution in [-0.2, 0) is 9.53 Å². The summed E-state index contributed by atoms with van der Waals surface area (Å²) in [4.78, 5) is 14.5. The van der Waals surface area contributed by atoms with Gasteiger partial charge in [-0.3, -0.25) is 4.79 Å². The third-order valence-electron chi connectivity index (χ3n) is 3.65. The summed E-state index contributed by atoms with van der Waals surface area (Å²) >= 11 is 0. The number of ether oxygens (including phenoxy) is 2. The molecule has 0 aromatic heterocycles. The first-order chi connectivity index (χ1) is 12.1. The third kappa shape index (κ3) is 5.80. The number of hydrogen-bond donors (Lipinski definition) is 1. The van der Waals surface area contributed by atoms with Crippen LogP contribution in [0.4, 0.5) is 11.4 Å². The number of anilines is 2. The minimum atomic E-state index is 0.0203. The maximum Gasteiger partial charge on any atom is 0.246 e. The standard InChI is InChI=1S/C20H26N2O3/c1-16(2)22(18-9-5-4-6-10-18)20(23)15-21-17-8-7-11-19(14-17)25-13-12-24-3/h4-11,14,16,21H,12-13,15H2,1-3H3. The first kappa shape index (κ1) is 18.8. The fourth-order valence-corrected chi connectivity index (χ4v) is 2.52. The molecule has 2 aromatic rings. The van der Waals surface area contributed by atoms with Gasteiger partial charge in [-0.05, 0) is 38.1 Å². The molecule has 5 heteroatoms. The van der Waals surface area contributed by atoms with Crippen LogP contribution in [0.25, 0.3) is 0 Å².